The number of benzene rings is 1. The molecule has 1 atom stereocenters. The summed E-state index contributed by atoms with van der Waals surface area (Å²) >= 11 is 0. The number of amides is 1. The summed E-state index contributed by atoms with van der Waals surface area (Å²) in [6.45, 7) is 4.30. The van der Waals surface area contributed by atoms with Gasteiger partial charge in [0.15, 0.2) is 5.96 Å². The minimum Gasteiger partial charge on any atom is -0.487 e. The Balaban J connectivity index is 0.00000272. The van der Waals surface area contributed by atoms with Crippen molar-refractivity contribution in [3.63, 3.8) is 0 Å². The fourth-order valence-electron chi connectivity index (χ4n) is 4.85. The third-order valence-electron chi connectivity index (χ3n) is 6.75. The standard InChI is InChI=1S/C24H36N4O2.HI/c1-2-25-23(27-16-8-15-26-22(29)18-9-7-10-18)28-20-17-24(13-5-6-14-24)30-21-12-4-3-11-19(20)21;/h3-4,11-12,18,20H,2,5-10,13-17H2,1H3,(H,26,29)(H2,25,27,28);1H. The lowest BCUT2D eigenvalue weighted by atomic mass is 9.85. The number of nitrogens with zero attached hydrogens (tertiary/aromatic N) is 1. The number of guanidine groups is 1. The second-order valence-electron chi connectivity index (χ2n) is 8.96. The first kappa shape index (κ1) is 24.1. The summed E-state index contributed by atoms with van der Waals surface area (Å²) in [6.07, 6.45) is 9.87. The van der Waals surface area contributed by atoms with Crippen molar-refractivity contribution < 1.29 is 9.53 Å². The zero-order valence-corrected chi connectivity index (χ0v) is 21.0. The van der Waals surface area contributed by atoms with Crippen LogP contribution in [-0.2, 0) is 4.79 Å². The lowest BCUT2D eigenvalue weighted by Crippen LogP contribution is -2.46. The smallest absolute Gasteiger partial charge is 0.223 e. The summed E-state index contributed by atoms with van der Waals surface area (Å²) in [7, 11) is 0. The van der Waals surface area contributed by atoms with Crippen molar-refractivity contribution in [2.45, 2.75) is 76.4 Å². The summed E-state index contributed by atoms with van der Waals surface area (Å²) in [4.78, 5) is 16.7. The van der Waals surface area contributed by atoms with Crippen molar-refractivity contribution in [3.8, 4) is 5.75 Å². The summed E-state index contributed by atoms with van der Waals surface area (Å²) in [5.41, 5.74) is 1.18. The van der Waals surface area contributed by atoms with Crippen LogP contribution in [0.5, 0.6) is 5.75 Å². The van der Waals surface area contributed by atoms with Crippen molar-refractivity contribution in [3.05, 3.63) is 29.8 Å². The number of rotatable bonds is 7. The van der Waals surface area contributed by atoms with E-state index in [2.05, 4.69) is 47.1 Å². The molecule has 0 saturated heterocycles. The number of ether oxygens (including phenoxy) is 1. The van der Waals surface area contributed by atoms with Gasteiger partial charge in [-0.25, -0.2) is 0 Å². The van der Waals surface area contributed by atoms with Crippen molar-refractivity contribution in [1.29, 1.82) is 0 Å². The Morgan fingerprint density at radius 1 is 1.16 bits per heavy atom. The Labute approximate surface area is 203 Å². The minimum atomic E-state index is -0.0326. The molecular formula is C24H37IN4O2. The van der Waals surface area contributed by atoms with Gasteiger partial charge in [0.1, 0.15) is 11.4 Å². The van der Waals surface area contributed by atoms with Gasteiger partial charge < -0.3 is 20.7 Å². The molecule has 1 amide bonds. The average Bonchev–Trinajstić information content (AvgIpc) is 3.13. The van der Waals surface area contributed by atoms with E-state index in [0.717, 1.165) is 56.8 Å². The van der Waals surface area contributed by atoms with E-state index in [1.54, 1.807) is 0 Å². The van der Waals surface area contributed by atoms with E-state index in [0.29, 0.717) is 13.1 Å². The molecule has 1 aliphatic heterocycles. The molecule has 2 fully saturated rings. The monoisotopic (exact) mass is 540 g/mol. The first-order valence-corrected chi connectivity index (χ1v) is 11.8. The van der Waals surface area contributed by atoms with Gasteiger partial charge in [-0.05, 0) is 57.9 Å². The molecular weight excluding hydrogens is 503 g/mol. The van der Waals surface area contributed by atoms with Gasteiger partial charge in [0, 0.05) is 37.5 Å². The number of halogens is 1. The van der Waals surface area contributed by atoms with E-state index >= 15 is 0 Å². The van der Waals surface area contributed by atoms with E-state index in [-0.39, 0.29) is 47.4 Å². The van der Waals surface area contributed by atoms with Gasteiger partial charge in [0.2, 0.25) is 5.91 Å². The summed E-state index contributed by atoms with van der Waals surface area (Å²) in [5.74, 6) is 2.33. The van der Waals surface area contributed by atoms with E-state index in [1.807, 2.05) is 0 Å². The van der Waals surface area contributed by atoms with Crippen LogP contribution in [0.25, 0.3) is 0 Å². The predicted molar refractivity (Wildman–Crippen MR) is 135 cm³/mol. The lowest BCUT2D eigenvalue weighted by Gasteiger charge is -2.40. The Bertz CT molecular complexity index is 760. The molecule has 0 bridgehead atoms. The highest BCUT2D eigenvalue weighted by molar-refractivity contribution is 14.0. The molecule has 1 heterocycles. The topological polar surface area (TPSA) is 74.8 Å². The summed E-state index contributed by atoms with van der Waals surface area (Å²) in [6, 6.07) is 8.59. The molecule has 7 heteroatoms. The number of nitrogens with one attached hydrogen (secondary N) is 3. The van der Waals surface area contributed by atoms with Crippen LogP contribution in [0.15, 0.2) is 29.3 Å². The zero-order valence-electron chi connectivity index (χ0n) is 18.6. The normalized spacial score (nSPS) is 22.0. The molecule has 0 radical (unpaired) electrons. The minimum absolute atomic E-state index is 0. The number of hydrogen-bond acceptors (Lipinski definition) is 3. The highest BCUT2D eigenvalue weighted by Crippen LogP contribution is 2.46. The molecule has 1 aromatic carbocycles. The third kappa shape index (κ3) is 6.05. The first-order chi connectivity index (χ1) is 14.7. The second-order valence-corrected chi connectivity index (χ2v) is 8.96. The maximum Gasteiger partial charge on any atom is 0.223 e. The number of para-hydroxylation sites is 1. The quantitative estimate of drug-likeness (QED) is 0.209. The molecule has 6 nitrogen and oxygen atoms in total. The Hall–Kier alpha value is -1.51. The van der Waals surface area contributed by atoms with Crippen LogP contribution >= 0.6 is 24.0 Å². The summed E-state index contributed by atoms with van der Waals surface area (Å²) in [5, 5.41) is 10.1. The van der Waals surface area contributed by atoms with Gasteiger partial charge in [-0.3, -0.25) is 9.79 Å². The van der Waals surface area contributed by atoms with Crippen LogP contribution < -0.4 is 20.7 Å². The molecule has 2 saturated carbocycles. The molecule has 3 aliphatic rings. The molecule has 2 aliphatic carbocycles. The van der Waals surface area contributed by atoms with Gasteiger partial charge in [0.05, 0.1) is 6.04 Å². The van der Waals surface area contributed by atoms with Crippen LogP contribution in [0.1, 0.15) is 76.3 Å². The lowest BCUT2D eigenvalue weighted by molar-refractivity contribution is -0.127. The maximum absolute atomic E-state index is 11.9. The van der Waals surface area contributed by atoms with Gasteiger partial charge in [-0.15, -0.1) is 24.0 Å². The molecule has 31 heavy (non-hydrogen) atoms. The Kier molecular flexibility index (Phi) is 8.86. The van der Waals surface area contributed by atoms with E-state index in [1.165, 1.54) is 24.8 Å². The Morgan fingerprint density at radius 3 is 2.65 bits per heavy atom. The number of carbonyl (C=O) groups excluding carboxylic acids is 1. The van der Waals surface area contributed by atoms with Gasteiger partial charge >= 0.3 is 0 Å². The van der Waals surface area contributed by atoms with Crippen LogP contribution in [0.4, 0.5) is 0 Å². The van der Waals surface area contributed by atoms with Crippen LogP contribution in [0.2, 0.25) is 0 Å². The summed E-state index contributed by atoms with van der Waals surface area (Å²) < 4.78 is 6.48. The van der Waals surface area contributed by atoms with Gasteiger partial charge in [-0.1, -0.05) is 24.6 Å². The van der Waals surface area contributed by atoms with Crippen molar-refractivity contribution in [2.24, 2.45) is 10.9 Å². The molecule has 172 valence electrons. The molecule has 1 unspecified atom stereocenters. The zero-order chi connectivity index (χ0) is 20.8. The van der Waals surface area contributed by atoms with E-state index in [9.17, 15) is 4.79 Å². The fraction of sp³-hybridized carbons (Fsp3) is 0.667. The molecule has 3 N–H and O–H groups in total. The SMILES string of the molecule is CCNC(=NCCCNC(=O)C1CCC1)NC1CC2(CCCC2)Oc2ccccc21.I. The molecule has 0 aromatic heterocycles. The van der Waals surface area contributed by atoms with Crippen molar-refractivity contribution in [2.75, 3.05) is 19.6 Å². The highest BCUT2D eigenvalue weighted by Gasteiger charge is 2.43. The van der Waals surface area contributed by atoms with E-state index < -0.39 is 0 Å². The van der Waals surface area contributed by atoms with Crippen LogP contribution in [-0.4, -0.2) is 37.1 Å². The van der Waals surface area contributed by atoms with Gasteiger partial charge in [0.25, 0.3) is 0 Å². The Morgan fingerprint density at radius 2 is 1.94 bits per heavy atom. The number of carbonyl (C=O) groups is 1. The van der Waals surface area contributed by atoms with Gasteiger partial charge in [-0.2, -0.15) is 0 Å². The first-order valence-electron chi connectivity index (χ1n) is 11.8. The number of hydrogen-bond donors (Lipinski definition) is 3. The van der Waals surface area contributed by atoms with Crippen LogP contribution in [0, 0.1) is 5.92 Å². The predicted octanol–water partition coefficient (Wildman–Crippen LogP) is 4.30. The molecule has 1 aromatic rings. The number of aliphatic imine (C=N–C) groups is 1. The third-order valence-corrected chi connectivity index (χ3v) is 6.75. The molecule has 1 spiro atoms. The van der Waals surface area contributed by atoms with Crippen molar-refractivity contribution >= 4 is 35.8 Å². The maximum atomic E-state index is 11.9. The average molecular weight is 540 g/mol. The fourth-order valence-corrected chi connectivity index (χ4v) is 4.85. The van der Waals surface area contributed by atoms with E-state index in [4.69, 9.17) is 9.73 Å². The largest absolute Gasteiger partial charge is 0.487 e. The highest BCUT2D eigenvalue weighted by atomic mass is 127. The molecule has 4 rings (SSSR count). The number of fused-ring (bicyclic) bond motifs is 1. The second kappa shape index (κ2) is 11.4. The van der Waals surface area contributed by atoms with Crippen molar-refractivity contribution in [1.82, 2.24) is 16.0 Å². The van der Waals surface area contributed by atoms with Crippen LogP contribution in [0.3, 0.4) is 0 Å².